The Balaban J connectivity index is 2.16. The number of nitriles is 1. The molecule has 0 aliphatic carbocycles. The number of amides is 1. The van der Waals surface area contributed by atoms with Crippen LogP contribution in [-0.2, 0) is 9.53 Å². The summed E-state index contributed by atoms with van der Waals surface area (Å²) in [6.07, 6.45) is 1.48. The maximum absolute atomic E-state index is 12.4. The molecular formula is C21H19BrN2O4. The smallest absolute Gasteiger partial charge is 0.338 e. The highest BCUT2D eigenvalue weighted by Gasteiger charge is 2.11. The van der Waals surface area contributed by atoms with Gasteiger partial charge in [0.25, 0.3) is 5.91 Å². The Labute approximate surface area is 171 Å². The molecular weight excluding hydrogens is 424 g/mol. The van der Waals surface area contributed by atoms with Gasteiger partial charge in [0.05, 0.1) is 18.8 Å². The lowest BCUT2D eigenvalue weighted by atomic mass is 10.1. The molecule has 0 saturated carbocycles. The molecule has 2 aromatic carbocycles. The summed E-state index contributed by atoms with van der Waals surface area (Å²) in [5.41, 5.74) is 1.44. The van der Waals surface area contributed by atoms with Crippen LogP contribution in [0.25, 0.3) is 6.08 Å². The quantitative estimate of drug-likeness (QED) is 0.385. The zero-order chi connectivity index (χ0) is 20.5. The van der Waals surface area contributed by atoms with Gasteiger partial charge in [0.2, 0.25) is 0 Å². The second kappa shape index (κ2) is 10.3. The van der Waals surface area contributed by atoms with Crippen molar-refractivity contribution < 1.29 is 19.1 Å². The number of ether oxygens (including phenoxy) is 2. The molecule has 0 unspecified atom stereocenters. The van der Waals surface area contributed by atoms with Crippen LogP contribution in [0.4, 0.5) is 5.69 Å². The number of benzene rings is 2. The highest BCUT2D eigenvalue weighted by atomic mass is 79.9. The van der Waals surface area contributed by atoms with E-state index in [1.807, 2.05) is 13.0 Å². The van der Waals surface area contributed by atoms with E-state index in [2.05, 4.69) is 21.2 Å². The molecule has 1 N–H and O–H groups in total. The molecule has 2 aromatic rings. The molecule has 7 heteroatoms. The summed E-state index contributed by atoms with van der Waals surface area (Å²) in [6, 6.07) is 13.5. The molecule has 0 aliphatic heterocycles. The van der Waals surface area contributed by atoms with Crippen molar-refractivity contribution >= 4 is 39.6 Å². The lowest BCUT2D eigenvalue weighted by molar-refractivity contribution is -0.112. The summed E-state index contributed by atoms with van der Waals surface area (Å²) < 4.78 is 11.2. The summed E-state index contributed by atoms with van der Waals surface area (Å²) >= 11 is 3.38. The first-order valence-electron chi connectivity index (χ1n) is 8.60. The van der Waals surface area contributed by atoms with Crippen molar-refractivity contribution in [3.05, 3.63) is 63.6 Å². The molecule has 0 atom stereocenters. The number of halogens is 1. The van der Waals surface area contributed by atoms with Crippen molar-refractivity contribution in [1.82, 2.24) is 0 Å². The Morgan fingerprint density at radius 3 is 2.46 bits per heavy atom. The molecule has 28 heavy (non-hydrogen) atoms. The number of carbonyl (C=O) groups is 2. The van der Waals surface area contributed by atoms with Crippen LogP contribution < -0.4 is 10.1 Å². The van der Waals surface area contributed by atoms with E-state index < -0.39 is 11.9 Å². The minimum atomic E-state index is -0.552. The Kier molecular flexibility index (Phi) is 7.78. The van der Waals surface area contributed by atoms with E-state index in [4.69, 9.17) is 9.47 Å². The van der Waals surface area contributed by atoms with Crippen molar-refractivity contribution in [2.75, 3.05) is 18.5 Å². The third-order valence-corrected chi connectivity index (χ3v) is 3.99. The van der Waals surface area contributed by atoms with Crippen molar-refractivity contribution in [3.8, 4) is 11.8 Å². The second-order valence-electron chi connectivity index (χ2n) is 5.58. The van der Waals surface area contributed by atoms with Crippen LogP contribution >= 0.6 is 15.9 Å². The maximum Gasteiger partial charge on any atom is 0.338 e. The predicted molar refractivity (Wildman–Crippen MR) is 110 cm³/mol. The number of hydrogen-bond acceptors (Lipinski definition) is 5. The van der Waals surface area contributed by atoms with Gasteiger partial charge in [-0.2, -0.15) is 5.26 Å². The van der Waals surface area contributed by atoms with E-state index in [0.717, 1.165) is 4.47 Å². The Hall–Kier alpha value is -3.11. The third-order valence-electron chi connectivity index (χ3n) is 3.53. The molecule has 0 saturated heterocycles. The SMILES string of the molecule is CCOC(=O)c1ccc(NC(=O)/C(C#N)=C/c2cc(Br)cc(OCC)c2)cc1. The molecule has 0 heterocycles. The first-order chi connectivity index (χ1) is 13.5. The summed E-state index contributed by atoms with van der Waals surface area (Å²) in [4.78, 5) is 24.1. The van der Waals surface area contributed by atoms with Gasteiger partial charge in [-0.3, -0.25) is 4.79 Å². The van der Waals surface area contributed by atoms with Crippen LogP contribution in [0, 0.1) is 11.3 Å². The Morgan fingerprint density at radius 2 is 1.86 bits per heavy atom. The average Bonchev–Trinajstić information content (AvgIpc) is 2.66. The number of carbonyl (C=O) groups excluding carboxylic acids is 2. The molecule has 0 spiro atoms. The van der Waals surface area contributed by atoms with E-state index in [1.165, 1.54) is 6.08 Å². The molecule has 0 aliphatic rings. The Bertz CT molecular complexity index is 930. The summed E-state index contributed by atoms with van der Waals surface area (Å²) in [7, 11) is 0. The van der Waals surface area contributed by atoms with Crippen molar-refractivity contribution in [1.29, 1.82) is 5.26 Å². The van der Waals surface area contributed by atoms with Crippen molar-refractivity contribution in [2.45, 2.75) is 13.8 Å². The van der Waals surface area contributed by atoms with E-state index in [-0.39, 0.29) is 12.2 Å². The number of anilines is 1. The monoisotopic (exact) mass is 442 g/mol. The molecule has 144 valence electrons. The lowest BCUT2D eigenvalue weighted by Crippen LogP contribution is -2.13. The van der Waals surface area contributed by atoms with E-state index >= 15 is 0 Å². The first-order valence-corrected chi connectivity index (χ1v) is 9.39. The minimum absolute atomic E-state index is 0.0602. The number of esters is 1. The summed E-state index contributed by atoms with van der Waals surface area (Å²) in [5.74, 6) is -0.350. The third kappa shape index (κ3) is 5.96. The molecule has 0 radical (unpaired) electrons. The van der Waals surface area contributed by atoms with Crippen LogP contribution in [0.3, 0.4) is 0 Å². The minimum Gasteiger partial charge on any atom is -0.494 e. The fourth-order valence-electron chi connectivity index (χ4n) is 2.34. The molecule has 0 fully saturated rings. The predicted octanol–water partition coefficient (Wildman–Crippen LogP) is 4.57. The van der Waals surface area contributed by atoms with Crippen LogP contribution in [0.1, 0.15) is 29.8 Å². The average molecular weight is 443 g/mol. The summed E-state index contributed by atoms with van der Waals surface area (Å²) in [6.45, 7) is 4.39. The Morgan fingerprint density at radius 1 is 1.14 bits per heavy atom. The topological polar surface area (TPSA) is 88.4 Å². The molecule has 1 amide bonds. The van der Waals surface area contributed by atoms with Gasteiger partial charge in [-0.15, -0.1) is 0 Å². The lowest BCUT2D eigenvalue weighted by Gasteiger charge is -2.07. The van der Waals surface area contributed by atoms with Gasteiger partial charge in [0, 0.05) is 10.2 Å². The van der Waals surface area contributed by atoms with Crippen molar-refractivity contribution in [3.63, 3.8) is 0 Å². The zero-order valence-electron chi connectivity index (χ0n) is 15.5. The number of nitrogens with zero attached hydrogens (tertiary/aromatic N) is 1. The second-order valence-corrected chi connectivity index (χ2v) is 6.49. The van der Waals surface area contributed by atoms with Gasteiger partial charge in [0.1, 0.15) is 17.4 Å². The molecule has 0 bridgehead atoms. The number of nitrogens with one attached hydrogen (secondary N) is 1. The fraction of sp³-hybridized carbons (Fsp3) is 0.190. The van der Waals surface area contributed by atoms with Gasteiger partial charge in [-0.05, 0) is 68.0 Å². The van der Waals surface area contributed by atoms with E-state index in [9.17, 15) is 14.9 Å². The largest absolute Gasteiger partial charge is 0.494 e. The fourth-order valence-corrected chi connectivity index (χ4v) is 2.83. The van der Waals surface area contributed by atoms with Gasteiger partial charge in [-0.1, -0.05) is 15.9 Å². The van der Waals surface area contributed by atoms with Gasteiger partial charge in [-0.25, -0.2) is 4.79 Å². The van der Waals surface area contributed by atoms with Crippen LogP contribution in [0.2, 0.25) is 0 Å². The molecule has 2 rings (SSSR count). The highest BCUT2D eigenvalue weighted by Crippen LogP contribution is 2.23. The van der Waals surface area contributed by atoms with Crippen LogP contribution in [0.5, 0.6) is 5.75 Å². The van der Waals surface area contributed by atoms with Crippen LogP contribution in [0.15, 0.2) is 52.5 Å². The molecule has 6 nitrogen and oxygen atoms in total. The number of hydrogen-bond donors (Lipinski definition) is 1. The number of rotatable bonds is 7. The van der Waals surface area contributed by atoms with Crippen molar-refractivity contribution in [2.24, 2.45) is 0 Å². The normalized spacial score (nSPS) is 10.7. The molecule has 0 aromatic heterocycles. The van der Waals surface area contributed by atoms with Gasteiger partial charge in [0.15, 0.2) is 0 Å². The highest BCUT2D eigenvalue weighted by molar-refractivity contribution is 9.10. The standard InChI is InChI=1S/C21H19BrN2O4/c1-3-27-19-11-14(10-17(22)12-19)9-16(13-23)20(25)24-18-7-5-15(6-8-18)21(26)28-4-2/h5-12H,3-4H2,1-2H3,(H,24,25)/b16-9+. The zero-order valence-corrected chi connectivity index (χ0v) is 17.1. The maximum atomic E-state index is 12.4. The van der Waals surface area contributed by atoms with Gasteiger partial charge >= 0.3 is 5.97 Å². The van der Waals surface area contributed by atoms with Gasteiger partial charge < -0.3 is 14.8 Å². The van der Waals surface area contributed by atoms with E-state index in [0.29, 0.717) is 29.2 Å². The first kappa shape index (κ1) is 21.2. The summed E-state index contributed by atoms with van der Waals surface area (Å²) in [5, 5.41) is 12.0. The van der Waals surface area contributed by atoms with Crippen LogP contribution in [-0.4, -0.2) is 25.1 Å². The van der Waals surface area contributed by atoms with E-state index in [1.54, 1.807) is 49.4 Å².